The molecule has 0 aromatic rings. The molecule has 68 valence electrons. The van der Waals surface area contributed by atoms with Crippen LogP contribution < -0.4 is 0 Å². The second-order valence-corrected chi connectivity index (χ2v) is 2.67. The Balaban J connectivity index is 2.39. The van der Waals surface area contributed by atoms with Gasteiger partial charge < -0.3 is 14.6 Å². The first kappa shape index (κ1) is 8.99. The lowest BCUT2D eigenvalue weighted by Crippen LogP contribution is -2.26. The van der Waals surface area contributed by atoms with Crippen LogP contribution in [0.25, 0.3) is 0 Å². The minimum atomic E-state index is -0.951. The van der Waals surface area contributed by atoms with Crippen molar-refractivity contribution in [3.63, 3.8) is 0 Å². The van der Waals surface area contributed by atoms with Crippen molar-refractivity contribution in [2.24, 2.45) is 0 Å². The lowest BCUT2D eigenvalue weighted by atomic mass is 10.1. The third-order valence-corrected chi connectivity index (χ3v) is 1.79. The molecule has 0 spiro atoms. The number of carbonyl (C=O) groups excluding carboxylic acids is 1. The number of carboxylic acids is 1. The number of esters is 1. The molecule has 1 aliphatic rings. The van der Waals surface area contributed by atoms with Crippen LogP contribution >= 0.6 is 0 Å². The second-order valence-electron chi connectivity index (χ2n) is 2.67. The molecule has 1 fully saturated rings. The highest BCUT2D eigenvalue weighted by atomic mass is 16.6. The first-order chi connectivity index (χ1) is 5.60. The third kappa shape index (κ3) is 1.73. The molecule has 5 nitrogen and oxygen atoms in total. The fourth-order valence-electron chi connectivity index (χ4n) is 0.946. The number of methoxy groups -OCH3 is 1. The number of carboxylic acid groups (broad SMARTS) is 1. The largest absolute Gasteiger partial charge is 0.481 e. The van der Waals surface area contributed by atoms with Gasteiger partial charge in [-0.2, -0.15) is 0 Å². The number of ether oxygens (including phenoxy) is 2. The maximum Gasteiger partial charge on any atom is 0.340 e. The summed E-state index contributed by atoms with van der Waals surface area (Å²) in [5.41, 5.74) is -0.951. The lowest BCUT2D eigenvalue weighted by molar-refractivity contribution is -0.147. The minimum absolute atomic E-state index is 0.0743. The van der Waals surface area contributed by atoms with E-state index in [1.165, 1.54) is 7.11 Å². The van der Waals surface area contributed by atoms with Gasteiger partial charge in [-0.15, -0.1) is 0 Å². The number of epoxide rings is 1. The molecule has 0 saturated carbocycles. The van der Waals surface area contributed by atoms with Crippen LogP contribution in [0, 0.1) is 0 Å². The minimum Gasteiger partial charge on any atom is -0.481 e. The summed E-state index contributed by atoms with van der Waals surface area (Å²) >= 11 is 0. The topological polar surface area (TPSA) is 76.1 Å². The fourth-order valence-corrected chi connectivity index (χ4v) is 0.946. The van der Waals surface area contributed by atoms with Gasteiger partial charge in [0.15, 0.2) is 5.60 Å². The maximum atomic E-state index is 11.0. The molecule has 1 heterocycles. The quantitative estimate of drug-likeness (QED) is 0.471. The van der Waals surface area contributed by atoms with Gasteiger partial charge in [0.25, 0.3) is 0 Å². The van der Waals surface area contributed by atoms with Gasteiger partial charge in [0.2, 0.25) is 0 Å². The molecule has 1 rings (SSSR count). The molecule has 1 aliphatic heterocycles. The summed E-state index contributed by atoms with van der Waals surface area (Å²) in [6.07, 6.45) is 0.115. The van der Waals surface area contributed by atoms with Gasteiger partial charge in [-0.1, -0.05) is 0 Å². The van der Waals surface area contributed by atoms with E-state index in [0.717, 1.165) is 0 Å². The monoisotopic (exact) mass is 174 g/mol. The Morgan fingerprint density at radius 1 is 1.67 bits per heavy atom. The molecule has 12 heavy (non-hydrogen) atoms. The van der Waals surface area contributed by atoms with Crippen molar-refractivity contribution in [2.75, 3.05) is 13.7 Å². The highest BCUT2D eigenvalue weighted by molar-refractivity contribution is 5.83. The van der Waals surface area contributed by atoms with Crippen LogP contribution in [0.1, 0.15) is 12.8 Å². The van der Waals surface area contributed by atoms with E-state index in [0.29, 0.717) is 0 Å². The Bertz CT molecular complexity index is 206. The zero-order valence-corrected chi connectivity index (χ0v) is 6.70. The second kappa shape index (κ2) is 3.10. The average Bonchev–Trinajstić information content (AvgIpc) is 2.80. The summed E-state index contributed by atoms with van der Waals surface area (Å²) in [7, 11) is 1.26. The fraction of sp³-hybridized carbons (Fsp3) is 0.714. The van der Waals surface area contributed by atoms with E-state index in [-0.39, 0.29) is 19.4 Å². The summed E-state index contributed by atoms with van der Waals surface area (Å²) in [5.74, 6) is -1.42. The first-order valence-corrected chi connectivity index (χ1v) is 3.55. The van der Waals surface area contributed by atoms with Crippen molar-refractivity contribution in [3.8, 4) is 0 Å². The van der Waals surface area contributed by atoms with E-state index >= 15 is 0 Å². The normalized spacial score (nSPS) is 26.4. The van der Waals surface area contributed by atoms with E-state index in [9.17, 15) is 9.59 Å². The Morgan fingerprint density at radius 2 is 2.25 bits per heavy atom. The molecule has 5 heteroatoms. The summed E-state index contributed by atoms with van der Waals surface area (Å²) in [6, 6.07) is 0. The number of carbonyl (C=O) groups is 2. The zero-order valence-electron chi connectivity index (χ0n) is 6.70. The number of hydrogen-bond donors (Lipinski definition) is 1. The predicted octanol–water partition coefficient (Wildman–Crippen LogP) is -0.207. The Labute approximate surface area is 69.3 Å². The van der Waals surface area contributed by atoms with E-state index in [2.05, 4.69) is 4.74 Å². The van der Waals surface area contributed by atoms with Gasteiger partial charge in [-0.3, -0.25) is 4.79 Å². The van der Waals surface area contributed by atoms with E-state index in [1.54, 1.807) is 0 Å². The molecule has 1 N–H and O–H groups in total. The molecular weight excluding hydrogens is 164 g/mol. The maximum absolute atomic E-state index is 11.0. The third-order valence-electron chi connectivity index (χ3n) is 1.79. The van der Waals surface area contributed by atoms with Gasteiger partial charge in [0.05, 0.1) is 13.7 Å². The molecule has 0 aromatic heterocycles. The van der Waals surface area contributed by atoms with Gasteiger partial charge in [0, 0.05) is 6.42 Å². The van der Waals surface area contributed by atoms with Crippen molar-refractivity contribution in [3.05, 3.63) is 0 Å². The van der Waals surface area contributed by atoms with E-state index < -0.39 is 17.5 Å². The molecule has 1 atom stereocenters. The van der Waals surface area contributed by atoms with Crippen molar-refractivity contribution >= 4 is 11.9 Å². The van der Waals surface area contributed by atoms with Gasteiger partial charge in [0.1, 0.15) is 0 Å². The van der Waals surface area contributed by atoms with Gasteiger partial charge in [-0.25, -0.2) is 4.79 Å². The van der Waals surface area contributed by atoms with E-state index in [1.807, 2.05) is 0 Å². The molecule has 1 unspecified atom stereocenters. The summed E-state index contributed by atoms with van der Waals surface area (Å²) < 4.78 is 9.31. The van der Waals surface area contributed by atoms with Crippen LogP contribution in [0.15, 0.2) is 0 Å². The van der Waals surface area contributed by atoms with Crippen molar-refractivity contribution < 1.29 is 24.2 Å². The molecular formula is C7H10O5. The summed E-state index contributed by atoms with van der Waals surface area (Å²) in [5, 5.41) is 8.35. The van der Waals surface area contributed by atoms with Crippen LogP contribution in [0.2, 0.25) is 0 Å². The molecule has 0 bridgehead atoms. The average molecular weight is 174 g/mol. The van der Waals surface area contributed by atoms with Crippen LogP contribution in [0.5, 0.6) is 0 Å². The molecule has 0 amide bonds. The lowest BCUT2D eigenvalue weighted by Gasteiger charge is -2.06. The molecule has 0 aromatic carbocycles. The number of rotatable bonds is 4. The zero-order chi connectivity index (χ0) is 9.19. The molecule has 1 saturated heterocycles. The number of hydrogen-bond acceptors (Lipinski definition) is 4. The predicted molar refractivity (Wildman–Crippen MR) is 37.6 cm³/mol. The van der Waals surface area contributed by atoms with Crippen LogP contribution in [0.4, 0.5) is 0 Å². The van der Waals surface area contributed by atoms with E-state index in [4.69, 9.17) is 9.84 Å². The van der Waals surface area contributed by atoms with Gasteiger partial charge in [-0.05, 0) is 6.42 Å². The Kier molecular flexibility index (Phi) is 2.32. The number of aliphatic carboxylic acids is 1. The van der Waals surface area contributed by atoms with Crippen LogP contribution in [0.3, 0.4) is 0 Å². The van der Waals surface area contributed by atoms with Crippen molar-refractivity contribution in [1.29, 1.82) is 0 Å². The highest BCUT2D eigenvalue weighted by Crippen LogP contribution is 2.33. The molecule has 0 radical (unpaired) electrons. The first-order valence-electron chi connectivity index (χ1n) is 3.55. The Hall–Kier alpha value is -1.10. The smallest absolute Gasteiger partial charge is 0.340 e. The highest BCUT2D eigenvalue weighted by Gasteiger charge is 2.53. The summed E-state index contributed by atoms with van der Waals surface area (Å²) in [4.78, 5) is 21.1. The standard InChI is InChI=1S/C7H10O5/c1-11-6(10)7(4-12-7)3-2-5(8)9/h2-4H2,1H3,(H,8,9). The summed E-state index contributed by atoms with van der Waals surface area (Å²) in [6.45, 7) is 0.271. The molecule has 0 aliphatic carbocycles. The van der Waals surface area contributed by atoms with Crippen LogP contribution in [-0.2, 0) is 19.1 Å². The van der Waals surface area contributed by atoms with Gasteiger partial charge >= 0.3 is 11.9 Å². The van der Waals surface area contributed by atoms with Crippen LogP contribution in [-0.4, -0.2) is 36.4 Å². The van der Waals surface area contributed by atoms with Crippen molar-refractivity contribution in [1.82, 2.24) is 0 Å². The Morgan fingerprint density at radius 3 is 2.58 bits per heavy atom. The SMILES string of the molecule is COC(=O)C1(CCC(=O)O)CO1. The van der Waals surface area contributed by atoms with Crippen molar-refractivity contribution in [2.45, 2.75) is 18.4 Å².